The lowest BCUT2D eigenvalue weighted by Gasteiger charge is -2.41. The minimum atomic E-state index is -4.19. The number of carbonyl (C=O) groups excluding carboxylic acids is 1. The van der Waals surface area contributed by atoms with E-state index in [4.69, 9.17) is 4.74 Å². The zero-order valence-corrected chi connectivity index (χ0v) is 19.8. The maximum absolute atomic E-state index is 14.7. The number of benzene rings is 2. The van der Waals surface area contributed by atoms with Crippen LogP contribution in [0, 0.1) is 11.6 Å². The third-order valence-corrected chi connectivity index (χ3v) is 8.05. The lowest BCUT2D eigenvalue weighted by molar-refractivity contribution is 0.0560. The Kier molecular flexibility index (Phi) is 6.04. The number of rotatable bonds is 2. The molecule has 178 valence electrons. The Morgan fingerprint density at radius 2 is 1.82 bits per heavy atom. The lowest BCUT2D eigenvalue weighted by Crippen LogP contribution is -2.57. The van der Waals surface area contributed by atoms with Crippen molar-refractivity contribution in [3.63, 3.8) is 0 Å². The van der Waals surface area contributed by atoms with Crippen LogP contribution in [0.3, 0.4) is 0 Å². The summed E-state index contributed by atoms with van der Waals surface area (Å²) in [4.78, 5) is 17.1. The number of nitrogens with one attached hydrogen (secondary N) is 1. The molecular formula is C23H26F2N2O5S. The number of phenols is 1. The SMILES string of the molecule is CC(C)(C)OC(=O)NC1=NC(C)(c2ccc(F)cc2F)CS(=O)(=O)C1(C)c1cccc(O)c1. The average Bonchev–Trinajstić information content (AvgIpc) is 2.63. The molecule has 2 N–H and O–H groups in total. The van der Waals surface area contributed by atoms with Crippen molar-refractivity contribution < 1.29 is 31.8 Å². The van der Waals surface area contributed by atoms with Crippen LogP contribution in [0.4, 0.5) is 13.6 Å². The average molecular weight is 481 g/mol. The molecule has 0 aromatic heterocycles. The van der Waals surface area contributed by atoms with Crippen LogP contribution in [0.1, 0.15) is 45.7 Å². The van der Waals surface area contributed by atoms with E-state index >= 15 is 0 Å². The topological polar surface area (TPSA) is 105 Å². The number of amides is 1. The molecule has 0 aliphatic carbocycles. The highest BCUT2D eigenvalue weighted by atomic mass is 32.2. The first-order valence-electron chi connectivity index (χ1n) is 10.2. The summed E-state index contributed by atoms with van der Waals surface area (Å²) in [5, 5.41) is 12.4. The van der Waals surface area contributed by atoms with Gasteiger partial charge in [-0.3, -0.25) is 10.3 Å². The molecule has 0 radical (unpaired) electrons. The van der Waals surface area contributed by atoms with E-state index in [2.05, 4.69) is 10.3 Å². The molecule has 0 bridgehead atoms. The van der Waals surface area contributed by atoms with Crippen LogP contribution in [-0.2, 0) is 24.9 Å². The molecule has 2 atom stereocenters. The summed E-state index contributed by atoms with van der Waals surface area (Å²) < 4.78 is 59.0. The van der Waals surface area contributed by atoms with Gasteiger partial charge in [-0.1, -0.05) is 18.2 Å². The molecule has 1 aliphatic rings. The molecule has 0 saturated carbocycles. The van der Waals surface area contributed by atoms with Gasteiger partial charge in [0.05, 0.1) is 5.75 Å². The number of carbonyl (C=O) groups is 1. The molecule has 0 spiro atoms. The highest BCUT2D eigenvalue weighted by Crippen LogP contribution is 2.43. The molecule has 2 aromatic carbocycles. The largest absolute Gasteiger partial charge is 0.508 e. The van der Waals surface area contributed by atoms with Gasteiger partial charge in [-0.2, -0.15) is 0 Å². The van der Waals surface area contributed by atoms with Crippen molar-refractivity contribution >= 4 is 21.8 Å². The highest BCUT2D eigenvalue weighted by molar-refractivity contribution is 7.93. The van der Waals surface area contributed by atoms with Crippen molar-refractivity contribution in [2.24, 2.45) is 4.99 Å². The minimum absolute atomic E-state index is 0.145. The number of halogens is 2. The fourth-order valence-corrected chi connectivity index (χ4v) is 5.90. The van der Waals surface area contributed by atoms with Gasteiger partial charge in [0.1, 0.15) is 34.4 Å². The third-order valence-electron chi connectivity index (χ3n) is 5.43. The lowest BCUT2D eigenvalue weighted by atomic mass is 9.91. The Labute approximate surface area is 191 Å². The van der Waals surface area contributed by atoms with Gasteiger partial charge in [0.2, 0.25) is 0 Å². The summed E-state index contributed by atoms with van der Waals surface area (Å²) in [6, 6.07) is 8.35. The van der Waals surface area contributed by atoms with Crippen molar-refractivity contribution in [3.05, 3.63) is 65.2 Å². The van der Waals surface area contributed by atoms with Crippen LogP contribution in [0.15, 0.2) is 47.5 Å². The van der Waals surface area contributed by atoms with Crippen LogP contribution in [-0.4, -0.2) is 36.8 Å². The van der Waals surface area contributed by atoms with Gasteiger partial charge in [-0.05, 0) is 58.4 Å². The fourth-order valence-electron chi connectivity index (χ4n) is 3.78. The van der Waals surface area contributed by atoms with Crippen molar-refractivity contribution in [2.75, 3.05) is 5.75 Å². The normalized spacial score (nSPS) is 24.6. The summed E-state index contributed by atoms with van der Waals surface area (Å²) in [5.74, 6) is -2.90. The number of sulfone groups is 1. The van der Waals surface area contributed by atoms with E-state index in [-0.39, 0.29) is 22.7 Å². The summed E-state index contributed by atoms with van der Waals surface area (Å²) in [5.41, 5.74) is -2.55. The Hall–Kier alpha value is -3.01. The molecule has 33 heavy (non-hydrogen) atoms. The summed E-state index contributed by atoms with van der Waals surface area (Å²) in [7, 11) is -4.19. The predicted molar refractivity (Wildman–Crippen MR) is 120 cm³/mol. The maximum Gasteiger partial charge on any atom is 0.413 e. The van der Waals surface area contributed by atoms with Gasteiger partial charge in [0.25, 0.3) is 0 Å². The molecule has 2 aromatic rings. The van der Waals surface area contributed by atoms with Gasteiger partial charge in [-0.25, -0.2) is 22.0 Å². The Bertz CT molecular complexity index is 1240. The van der Waals surface area contributed by atoms with Crippen molar-refractivity contribution in [1.29, 1.82) is 0 Å². The molecule has 10 heteroatoms. The number of nitrogens with zero attached hydrogens (tertiary/aromatic N) is 1. The highest BCUT2D eigenvalue weighted by Gasteiger charge is 2.54. The second kappa shape index (κ2) is 8.09. The zero-order chi connectivity index (χ0) is 24.8. The van der Waals surface area contributed by atoms with E-state index in [1.165, 1.54) is 38.1 Å². The first-order valence-corrected chi connectivity index (χ1v) is 11.8. The van der Waals surface area contributed by atoms with Gasteiger partial charge >= 0.3 is 6.09 Å². The van der Waals surface area contributed by atoms with E-state index in [9.17, 15) is 27.1 Å². The molecule has 3 rings (SSSR count). The predicted octanol–water partition coefficient (Wildman–Crippen LogP) is 4.15. The van der Waals surface area contributed by atoms with Crippen LogP contribution in [0.5, 0.6) is 5.75 Å². The van der Waals surface area contributed by atoms with E-state index in [0.29, 0.717) is 6.07 Å². The molecule has 7 nitrogen and oxygen atoms in total. The number of aromatic hydroxyl groups is 1. The molecule has 0 saturated heterocycles. The molecule has 2 unspecified atom stereocenters. The molecule has 1 aliphatic heterocycles. The molecule has 0 fully saturated rings. The number of hydrogen-bond donors (Lipinski definition) is 2. The zero-order valence-electron chi connectivity index (χ0n) is 18.9. The molecular weight excluding hydrogens is 454 g/mol. The van der Waals surface area contributed by atoms with Crippen molar-refractivity contribution in [3.8, 4) is 5.75 Å². The molecule has 1 heterocycles. The maximum atomic E-state index is 14.7. The van der Waals surface area contributed by atoms with Gasteiger partial charge in [-0.15, -0.1) is 0 Å². The first kappa shape index (κ1) is 24.6. The van der Waals surface area contributed by atoms with Crippen LogP contribution in [0.2, 0.25) is 0 Å². The minimum Gasteiger partial charge on any atom is -0.508 e. The monoisotopic (exact) mass is 480 g/mol. The number of aliphatic imine (C=N–C) groups is 1. The molecule has 1 amide bonds. The Morgan fingerprint density at radius 3 is 2.39 bits per heavy atom. The number of hydrogen-bond acceptors (Lipinski definition) is 6. The number of ether oxygens (including phenoxy) is 1. The Morgan fingerprint density at radius 1 is 1.15 bits per heavy atom. The number of phenolic OH excluding ortho intramolecular Hbond substituents is 1. The van der Waals surface area contributed by atoms with E-state index in [1.807, 2.05) is 0 Å². The third kappa shape index (κ3) is 4.71. The smallest absolute Gasteiger partial charge is 0.413 e. The van der Waals surface area contributed by atoms with E-state index < -0.39 is 49.2 Å². The quantitative estimate of drug-likeness (QED) is 0.672. The fraction of sp³-hybridized carbons (Fsp3) is 0.391. The van der Waals surface area contributed by atoms with Crippen LogP contribution < -0.4 is 5.32 Å². The summed E-state index contributed by atoms with van der Waals surface area (Å²) in [6.07, 6.45) is -0.952. The van der Waals surface area contributed by atoms with Gasteiger partial charge in [0.15, 0.2) is 14.6 Å². The second-order valence-electron chi connectivity index (χ2n) is 9.33. The van der Waals surface area contributed by atoms with Crippen molar-refractivity contribution in [2.45, 2.75) is 50.5 Å². The van der Waals surface area contributed by atoms with E-state index in [0.717, 1.165) is 12.1 Å². The van der Waals surface area contributed by atoms with Gasteiger partial charge < -0.3 is 9.84 Å². The standard InChI is InChI=1S/C23H26F2N2O5S/c1-21(2,3)32-20(29)26-19-23(5,14-7-6-8-16(28)11-14)33(30,31)13-22(4,27-19)17-10-9-15(24)12-18(17)25/h6-12,28H,13H2,1-5H3,(H,26,27,29). The summed E-state index contributed by atoms with van der Waals surface area (Å²) in [6.45, 7) is 7.64. The Balaban J connectivity index is 2.25. The van der Waals surface area contributed by atoms with Crippen LogP contribution >= 0.6 is 0 Å². The van der Waals surface area contributed by atoms with Gasteiger partial charge in [0, 0.05) is 11.6 Å². The number of amidine groups is 1. The summed E-state index contributed by atoms with van der Waals surface area (Å²) >= 11 is 0. The second-order valence-corrected chi connectivity index (χ2v) is 11.7. The number of alkyl carbamates (subject to hydrolysis) is 1. The van der Waals surface area contributed by atoms with Crippen molar-refractivity contribution in [1.82, 2.24) is 5.32 Å². The first-order chi connectivity index (χ1) is 15.1. The van der Waals surface area contributed by atoms with Crippen LogP contribution in [0.25, 0.3) is 0 Å². The van der Waals surface area contributed by atoms with E-state index in [1.54, 1.807) is 20.8 Å².